The van der Waals surface area contributed by atoms with Crippen molar-refractivity contribution in [2.24, 2.45) is 11.3 Å². The topological polar surface area (TPSA) is 241 Å². The summed E-state index contributed by atoms with van der Waals surface area (Å²) in [6, 6.07) is 13.5. The number of hydrogen-bond acceptors (Lipinski definition) is 15. The molecule has 2 aromatic carbocycles. The summed E-state index contributed by atoms with van der Waals surface area (Å²) < 4.78 is 13.3. The van der Waals surface area contributed by atoms with Gasteiger partial charge < -0.3 is 45.1 Å². The van der Waals surface area contributed by atoms with E-state index in [9.17, 15) is 39.6 Å². The standard InChI is InChI=1S/C51H63ClN6O10S/c1-29-46(69-28-56-29)31-15-12-30(13-16-31)14-19-40(62)39-24-35(61)25-58(39)49(66)37(51(2,3)4)23-33(59)10-8-6-5-7-9-11-34(60)26-67-41-22-32(17-18-38(41)52)42(63)45-43(64)44(65)50(68-45)57-21-20-36-47(53)54-27-55-48(36)57/h12-13,15-18,20-22,27-28,35,37,39,42-45,50,61,63-65H,5-11,14,19,23-26H2,1-4H3,(H2,53,54,55)/t35-,37-,39+,42+,43-,44+,45+,50+/m0/s1. The summed E-state index contributed by atoms with van der Waals surface area (Å²) in [7, 11) is 0. The van der Waals surface area contributed by atoms with Gasteiger partial charge in [0.15, 0.2) is 17.8 Å². The Morgan fingerprint density at radius 3 is 2.33 bits per heavy atom. The van der Waals surface area contributed by atoms with Crippen molar-refractivity contribution in [3.8, 4) is 16.2 Å². The number of nitrogens with zero attached hydrogens (tertiary/aromatic N) is 5. The van der Waals surface area contributed by atoms with Crippen molar-refractivity contribution in [2.45, 2.75) is 141 Å². The Morgan fingerprint density at radius 1 is 0.928 bits per heavy atom. The molecule has 2 saturated heterocycles. The number of ketones is 3. The number of likely N-dealkylation sites (tertiary alicyclic amines) is 1. The number of nitrogens with two attached hydrogens (primary N) is 1. The van der Waals surface area contributed by atoms with Crippen molar-refractivity contribution in [3.05, 3.63) is 88.4 Å². The molecule has 2 aliphatic heterocycles. The minimum Gasteiger partial charge on any atom is -0.484 e. The van der Waals surface area contributed by atoms with Crippen molar-refractivity contribution < 1.29 is 49.1 Å². The first-order chi connectivity index (χ1) is 32.9. The van der Waals surface area contributed by atoms with Gasteiger partial charge in [-0.05, 0) is 66.5 Å². The van der Waals surface area contributed by atoms with E-state index < -0.39 is 54.1 Å². The lowest BCUT2D eigenvalue weighted by Crippen LogP contribution is -2.47. The largest absolute Gasteiger partial charge is 0.484 e. The number of thiazole rings is 1. The Balaban J connectivity index is 0.809. The second-order valence-corrected chi connectivity index (χ2v) is 20.7. The zero-order chi connectivity index (χ0) is 49.6. The molecule has 0 spiro atoms. The van der Waals surface area contributed by atoms with Gasteiger partial charge in [-0.15, -0.1) is 11.3 Å². The molecule has 5 heterocycles. The number of aromatic nitrogens is 4. The molecule has 370 valence electrons. The number of fused-ring (bicyclic) bond motifs is 1. The van der Waals surface area contributed by atoms with Crippen molar-refractivity contribution in [3.63, 3.8) is 0 Å². The lowest BCUT2D eigenvalue weighted by Gasteiger charge is -2.34. The van der Waals surface area contributed by atoms with Crippen LogP contribution in [0.15, 0.2) is 66.6 Å². The number of anilines is 1. The predicted octanol–water partition coefficient (Wildman–Crippen LogP) is 6.92. The van der Waals surface area contributed by atoms with Crippen LogP contribution in [0.1, 0.15) is 114 Å². The monoisotopic (exact) mass is 986 g/mol. The Morgan fingerprint density at radius 2 is 1.64 bits per heavy atom. The van der Waals surface area contributed by atoms with Gasteiger partial charge in [0.05, 0.1) is 38.6 Å². The van der Waals surface area contributed by atoms with E-state index in [-0.39, 0.29) is 78.7 Å². The number of unbranched alkanes of at least 4 members (excludes halogenated alkanes) is 4. The molecule has 0 bridgehead atoms. The van der Waals surface area contributed by atoms with E-state index in [0.717, 1.165) is 41.0 Å². The highest BCUT2D eigenvalue weighted by molar-refractivity contribution is 7.13. The number of hydrogen-bond donors (Lipinski definition) is 5. The highest BCUT2D eigenvalue weighted by atomic mass is 35.5. The molecular formula is C51H63ClN6O10S. The summed E-state index contributed by atoms with van der Waals surface area (Å²) in [5.41, 5.74) is 11.0. The van der Waals surface area contributed by atoms with Crippen molar-refractivity contribution in [2.75, 3.05) is 18.9 Å². The molecule has 3 aromatic heterocycles. The van der Waals surface area contributed by atoms with Gasteiger partial charge in [0, 0.05) is 50.8 Å². The first kappa shape index (κ1) is 51.7. The molecule has 1 amide bonds. The molecule has 0 saturated carbocycles. The number of aryl methyl sites for hydroxylation is 2. The van der Waals surface area contributed by atoms with Crippen LogP contribution in [0.3, 0.4) is 0 Å². The highest BCUT2D eigenvalue weighted by Gasteiger charge is 2.48. The molecule has 5 aromatic rings. The minimum absolute atomic E-state index is 0.0219. The van der Waals surface area contributed by atoms with Crippen LogP contribution in [-0.2, 0) is 30.3 Å². The van der Waals surface area contributed by atoms with Crippen LogP contribution >= 0.6 is 22.9 Å². The number of β-amino-alcohol motifs (C(OH)–C–C–N with tert-alkyl or cyclic N) is 1. The fourth-order valence-corrected chi connectivity index (χ4v) is 10.3. The molecule has 69 heavy (non-hydrogen) atoms. The van der Waals surface area contributed by atoms with E-state index in [1.165, 1.54) is 27.9 Å². The average molecular weight is 988 g/mol. The van der Waals surface area contributed by atoms with Crippen LogP contribution in [0.25, 0.3) is 21.5 Å². The zero-order valence-corrected chi connectivity index (χ0v) is 41.1. The number of nitrogen functional groups attached to an aromatic ring is 1. The van der Waals surface area contributed by atoms with E-state index in [4.69, 9.17) is 26.8 Å². The predicted molar refractivity (Wildman–Crippen MR) is 261 cm³/mol. The van der Waals surface area contributed by atoms with Crippen LogP contribution in [0.4, 0.5) is 5.82 Å². The van der Waals surface area contributed by atoms with Crippen LogP contribution in [0.5, 0.6) is 5.75 Å². The maximum Gasteiger partial charge on any atom is 0.227 e. The van der Waals surface area contributed by atoms with Crippen LogP contribution in [-0.4, -0.2) is 112 Å². The van der Waals surface area contributed by atoms with E-state index in [1.807, 2.05) is 57.5 Å². The molecule has 18 heteroatoms. The fourth-order valence-electron chi connectivity index (χ4n) is 9.27. The highest BCUT2D eigenvalue weighted by Crippen LogP contribution is 2.40. The average Bonchev–Trinajstić information content (AvgIpc) is 4.12. The summed E-state index contributed by atoms with van der Waals surface area (Å²) in [6.07, 6.45) is 0.725. The van der Waals surface area contributed by atoms with Gasteiger partial charge in [-0.2, -0.15) is 0 Å². The van der Waals surface area contributed by atoms with Gasteiger partial charge in [-0.3, -0.25) is 19.2 Å². The van der Waals surface area contributed by atoms with Gasteiger partial charge in [0.25, 0.3) is 0 Å². The Kier molecular flexibility index (Phi) is 17.0. The molecule has 8 atom stereocenters. The number of carbonyl (C=O) groups excluding carboxylic acids is 4. The number of amides is 1. The first-order valence-electron chi connectivity index (χ1n) is 23.6. The van der Waals surface area contributed by atoms with E-state index in [1.54, 1.807) is 29.7 Å². The number of benzene rings is 2. The van der Waals surface area contributed by atoms with Gasteiger partial charge >= 0.3 is 0 Å². The molecular weight excluding hydrogens is 924 g/mol. The van der Waals surface area contributed by atoms with Gasteiger partial charge in [0.2, 0.25) is 5.91 Å². The van der Waals surface area contributed by atoms with Crippen molar-refractivity contribution >= 4 is 63.0 Å². The van der Waals surface area contributed by atoms with Crippen molar-refractivity contribution in [1.29, 1.82) is 0 Å². The Labute approximate surface area is 410 Å². The number of halogens is 1. The van der Waals surface area contributed by atoms with Crippen LogP contribution in [0.2, 0.25) is 5.02 Å². The van der Waals surface area contributed by atoms with Crippen molar-refractivity contribution in [1.82, 2.24) is 24.4 Å². The SMILES string of the molecule is Cc1ncsc1-c1ccc(CCC(=O)[C@H]2C[C@H](O)CN2C(=O)[C@H](CC(=O)CCCCCCCC(=O)COc2cc([C@@H](O)[C@H]3O[C@@H](n4ccc5c(N)ncnc54)[C@H](O)[C@@H]3O)ccc2Cl)C(C)(C)C)cc1. The molecule has 16 nitrogen and oxygen atoms in total. The summed E-state index contributed by atoms with van der Waals surface area (Å²) in [4.78, 5) is 68.9. The first-order valence-corrected chi connectivity index (χ1v) is 24.9. The molecule has 7 rings (SSSR count). The van der Waals surface area contributed by atoms with Crippen LogP contribution in [0, 0.1) is 18.3 Å². The minimum atomic E-state index is -1.46. The third-order valence-electron chi connectivity index (χ3n) is 13.3. The molecule has 6 N–H and O–H groups in total. The normalized spacial score (nSPS) is 21.4. The summed E-state index contributed by atoms with van der Waals surface area (Å²) in [6.45, 7) is 7.57. The lowest BCUT2D eigenvalue weighted by molar-refractivity contribution is -0.145. The number of Topliss-reactive ketones (excluding diaryl/α,β-unsaturated/α-hetero) is 3. The lowest BCUT2D eigenvalue weighted by atomic mass is 9.76. The molecule has 0 aliphatic carbocycles. The second kappa shape index (κ2) is 22.7. The third kappa shape index (κ3) is 12.4. The number of ether oxygens (including phenoxy) is 2. The molecule has 2 fully saturated rings. The van der Waals surface area contributed by atoms with Gasteiger partial charge in [-0.1, -0.05) is 82.0 Å². The summed E-state index contributed by atoms with van der Waals surface area (Å²) >= 11 is 7.97. The fraction of sp³-hybridized carbons (Fsp3) is 0.510. The number of carbonyl (C=O) groups is 4. The maximum atomic E-state index is 14.1. The van der Waals surface area contributed by atoms with E-state index >= 15 is 0 Å². The zero-order valence-electron chi connectivity index (χ0n) is 39.5. The summed E-state index contributed by atoms with van der Waals surface area (Å²) in [5.74, 6) is -0.763. The maximum absolute atomic E-state index is 14.1. The Bertz CT molecular complexity index is 2600. The number of aliphatic hydroxyl groups is 4. The Hall–Kier alpha value is -5.14. The molecule has 0 unspecified atom stereocenters. The van der Waals surface area contributed by atoms with Gasteiger partial charge in [0.1, 0.15) is 60.3 Å². The smallest absolute Gasteiger partial charge is 0.227 e. The van der Waals surface area contributed by atoms with Gasteiger partial charge in [-0.25, -0.2) is 15.0 Å². The number of aliphatic hydroxyl groups excluding tert-OH is 4. The summed E-state index contributed by atoms with van der Waals surface area (Å²) in [5, 5.41) is 44.5. The third-order valence-corrected chi connectivity index (χ3v) is 14.6. The molecule has 2 aliphatic rings. The van der Waals surface area contributed by atoms with E-state index in [2.05, 4.69) is 15.0 Å². The molecule has 0 radical (unpaired) electrons. The van der Waals surface area contributed by atoms with E-state index in [0.29, 0.717) is 42.3 Å². The quantitative estimate of drug-likeness (QED) is 0.0443. The second-order valence-electron chi connectivity index (χ2n) is 19.4. The van der Waals surface area contributed by atoms with Crippen LogP contribution < -0.4 is 10.5 Å². The number of rotatable bonds is 22.